The van der Waals surface area contributed by atoms with Gasteiger partial charge in [0.1, 0.15) is 5.75 Å². The van der Waals surface area contributed by atoms with Gasteiger partial charge in [0.05, 0.1) is 18.2 Å². The van der Waals surface area contributed by atoms with E-state index in [-0.39, 0.29) is 24.2 Å². The first kappa shape index (κ1) is 13.4. The van der Waals surface area contributed by atoms with Gasteiger partial charge in [0.2, 0.25) is 11.8 Å². The molecule has 2 rings (SSSR count). The van der Waals surface area contributed by atoms with E-state index in [4.69, 9.17) is 4.74 Å². The van der Waals surface area contributed by atoms with Crippen molar-refractivity contribution in [1.82, 2.24) is 5.32 Å². The highest BCUT2D eigenvalue weighted by atomic mass is 16.5. The van der Waals surface area contributed by atoms with Crippen molar-refractivity contribution in [2.45, 2.75) is 20.3 Å². The van der Waals surface area contributed by atoms with Gasteiger partial charge in [-0.25, -0.2) is 0 Å². The lowest BCUT2D eigenvalue weighted by atomic mass is 10.1. The van der Waals surface area contributed by atoms with E-state index in [2.05, 4.69) is 10.6 Å². The van der Waals surface area contributed by atoms with Crippen molar-refractivity contribution < 1.29 is 14.3 Å². The van der Waals surface area contributed by atoms with E-state index in [0.717, 1.165) is 5.56 Å². The molecule has 5 nitrogen and oxygen atoms in total. The van der Waals surface area contributed by atoms with Crippen LogP contribution in [0.25, 0.3) is 0 Å². The molecule has 2 N–H and O–H groups in total. The Morgan fingerprint density at radius 2 is 2.32 bits per heavy atom. The van der Waals surface area contributed by atoms with Gasteiger partial charge in [0.25, 0.3) is 0 Å². The fraction of sp³-hybridized carbons (Fsp3) is 0.429. The maximum atomic E-state index is 12.0. The third kappa shape index (κ3) is 3.24. The van der Waals surface area contributed by atoms with Crippen LogP contribution in [0.4, 0.5) is 5.69 Å². The molecule has 0 radical (unpaired) electrons. The van der Waals surface area contributed by atoms with E-state index in [1.54, 1.807) is 0 Å². The van der Waals surface area contributed by atoms with Crippen LogP contribution < -0.4 is 15.4 Å². The van der Waals surface area contributed by atoms with E-state index >= 15 is 0 Å². The van der Waals surface area contributed by atoms with Crippen LogP contribution in [0.15, 0.2) is 18.2 Å². The molecule has 1 aliphatic rings. The van der Waals surface area contributed by atoms with Gasteiger partial charge in [-0.3, -0.25) is 9.59 Å². The molecule has 0 saturated carbocycles. The summed E-state index contributed by atoms with van der Waals surface area (Å²) >= 11 is 0. The van der Waals surface area contributed by atoms with Crippen molar-refractivity contribution in [2.24, 2.45) is 5.92 Å². The second kappa shape index (κ2) is 5.73. The predicted molar refractivity (Wildman–Crippen MR) is 72.1 cm³/mol. The smallest absolute Gasteiger partial charge is 0.229 e. The van der Waals surface area contributed by atoms with Gasteiger partial charge in [-0.05, 0) is 31.5 Å². The van der Waals surface area contributed by atoms with Crippen LogP contribution >= 0.6 is 0 Å². The van der Waals surface area contributed by atoms with E-state index < -0.39 is 0 Å². The highest BCUT2D eigenvalue weighted by molar-refractivity contribution is 5.98. The lowest BCUT2D eigenvalue weighted by Gasteiger charge is -2.14. The molecule has 19 heavy (non-hydrogen) atoms. The Morgan fingerprint density at radius 1 is 1.53 bits per heavy atom. The first-order chi connectivity index (χ1) is 9.10. The second-order valence-electron chi connectivity index (χ2n) is 4.63. The van der Waals surface area contributed by atoms with E-state index in [1.807, 2.05) is 32.0 Å². The van der Waals surface area contributed by atoms with Gasteiger partial charge in [-0.1, -0.05) is 6.07 Å². The van der Waals surface area contributed by atoms with Crippen LogP contribution in [-0.4, -0.2) is 25.0 Å². The lowest BCUT2D eigenvalue weighted by molar-refractivity contribution is -0.123. The van der Waals surface area contributed by atoms with E-state index in [0.29, 0.717) is 24.6 Å². The van der Waals surface area contributed by atoms with Crippen molar-refractivity contribution in [3.05, 3.63) is 23.8 Å². The standard InChI is InChI=1S/C14H18N2O3/c1-3-19-12-6-9(2)4-5-11(12)16-14(18)10-7-13(17)15-8-10/h4-6,10H,3,7-8H2,1-2H3,(H,15,17)(H,16,18). The number of hydrogen-bond donors (Lipinski definition) is 2. The number of carbonyl (C=O) groups excluding carboxylic acids is 2. The number of hydrogen-bond acceptors (Lipinski definition) is 3. The molecule has 1 atom stereocenters. The minimum absolute atomic E-state index is 0.0749. The van der Waals surface area contributed by atoms with Crippen LogP contribution in [0.1, 0.15) is 18.9 Å². The number of benzene rings is 1. The maximum absolute atomic E-state index is 12.0. The zero-order valence-corrected chi connectivity index (χ0v) is 11.2. The Balaban J connectivity index is 2.09. The zero-order chi connectivity index (χ0) is 13.8. The summed E-state index contributed by atoms with van der Waals surface area (Å²) in [6.07, 6.45) is 0.252. The largest absolute Gasteiger partial charge is 0.492 e. The normalized spacial score (nSPS) is 18.0. The molecule has 5 heteroatoms. The molecule has 0 spiro atoms. The molecule has 1 aromatic carbocycles. The van der Waals surface area contributed by atoms with Gasteiger partial charge in [0, 0.05) is 13.0 Å². The molecule has 0 bridgehead atoms. The molecule has 1 unspecified atom stereocenters. The number of aryl methyl sites for hydroxylation is 1. The first-order valence-corrected chi connectivity index (χ1v) is 6.41. The first-order valence-electron chi connectivity index (χ1n) is 6.41. The third-order valence-electron chi connectivity index (χ3n) is 3.04. The molecular weight excluding hydrogens is 244 g/mol. The summed E-state index contributed by atoms with van der Waals surface area (Å²) < 4.78 is 5.51. The van der Waals surface area contributed by atoms with Crippen LogP contribution in [-0.2, 0) is 9.59 Å². The van der Waals surface area contributed by atoms with Crippen molar-refractivity contribution in [1.29, 1.82) is 0 Å². The van der Waals surface area contributed by atoms with Crippen molar-refractivity contribution in [3.8, 4) is 5.75 Å². The summed E-state index contributed by atoms with van der Waals surface area (Å²) in [5.74, 6) is 0.133. The second-order valence-corrected chi connectivity index (χ2v) is 4.63. The SMILES string of the molecule is CCOc1cc(C)ccc1NC(=O)C1CNC(=O)C1. The monoisotopic (exact) mass is 262 g/mol. The average molecular weight is 262 g/mol. The van der Waals surface area contributed by atoms with Gasteiger partial charge in [0.15, 0.2) is 0 Å². The summed E-state index contributed by atoms with van der Waals surface area (Å²) in [6.45, 7) is 4.80. The van der Waals surface area contributed by atoms with E-state index in [9.17, 15) is 9.59 Å². The number of carbonyl (C=O) groups is 2. The maximum Gasteiger partial charge on any atom is 0.229 e. The number of amides is 2. The molecule has 0 aromatic heterocycles. The number of anilines is 1. The Kier molecular flexibility index (Phi) is 4.04. The Labute approximate surface area is 112 Å². The van der Waals surface area contributed by atoms with Crippen molar-refractivity contribution in [2.75, 3.05) is 18.5 Å². The number of rotatable bonds is 4. The van der Waals surface area contributed by atoms with Crippen molar-refractivity contribution >= 4 is 17.5 Å². The number of ether oxygens (including phenoxy) is 1. The Bertz CT molecular complexity index is 499. The fourth-order valence-electron chi connectivity index (χ4n) is 2.03. The summed E-state index contributed by atoms with van der Waals surface area (Å²) in [5.41, 5.74) is 1.72. The quantitative estimate of drug-likeness (QED) is 0.863. The summed E-state index contributed by atoms with van der Waals surface area (Å²) in [6, 6.07) is 5.62. The summed E-state index contributed by atoms with van der Waals surface area (Å²) in [5, 5.41) is 5.48. The zero-order valence-electron chi connectivity index (χ0n) is 11.2. The van der Waals surface area contributed by atoms with Crippen LogP contribution in [0, 0.1) is 12.8 Å². The molecule has 1 aliphatic heterocycles. The summed E-state index contributed by atoms with van der Waals surface area (Å²) in [4.78, 5) is 23.2. The minimum Gasteiger partial charge on any atom is -0.492 e. The number of nitrogens with one attached hydrogen (secondary N) is 2. The molecule has 1 aromatic rings. The molecule has 1 heterocycles. The van der Waals surface area contributed by atoms with Gasteiger partial charge >= 0.3 is 0 Å². The van der Waals surface area contributed by atoms with Gasteiger partial charge in [-0.15, -0.1) is 0 Å². The molecular formula is C14H18N2O3. The fourth-order valence-corrected chi connectivity index (χ4v) is 2.03. The molecule has 102 valence electrons. The predicted octanol–water partition coefficient (Wildman–Crippen LogP) is 1.47. The van der Waals surface area contributed by atoms with Gasteiger partial charge < -0.3 is 15.4 Å². The average Bonchev–Trinajstić information content (AvgIpc) is 2.80. The van der Waals surface area contributed by atoms with E-state index in [1.165, 1.54) is 0 Å². The highest BCUT2D eigenvalue weighted by Gasteiger charge is 2.28. The van der Waals surface area contributed by atoms with Gasteiger partial charge in [-0.2, -0.15) is 0 Å². The minimum atomic E-state index is -0.303. The highest BCUT2D eigenvalue weighted by Crippen LogP contribution is 2.26. The molecule has 0 aliphatic carbocycles. The van der Waals surface area contributed by atoms with Crippen molar-refractivity contribution in [3.63, 3.8) is 0 Å². The molecule has 2 amide bonds. The van der Waals surface area contributed by atoms with Crippen LogP contribution in [0.5, 0.6) is 5.75 Å². The Morgan fingerprint density at radius 3 is 2.95 bits per heavy atom. The molecule has 1 saturated heterocycles. The summed E-state index contributed by atoms with van der Waals surface area (Å²) in [7, 11) is 0. The lowest BCUT2D eigenvalue weighted by Crippen LogP contribution is -2.25. The van der Waals surface area contributed by atoms with Crippen LogP contribution in [0.3, 0.4) is 0 Å². The van der Waals surface area contributed by atoms with Crippen LogP contribution in [0.2, 0.25) is 0 Å². The third-order valence-corrected chi connectivity index (χ3v) is 3.04. The topological polar surface area (TPSA) is 67.4 Å². The Hall–Kier alpha value is -2.04. The molecule has 1 fully saturated rings.